The Morgan fingerprint density at radius 3 is 2.76 bits per heavy atom. The molecule has 0 radical (unpaired) electrons. The van der Waals surface area contributed by atoms with Crippen molar-refractivity contribution in [3.05, 3.63) is 71.6 Å². The van der Waals surface area contributed by atoms with Crippen LogP contribution < -0.4 is 4.74 Å². The molecule has 0 bridgehead atoms. The lowest BCUT2D eigenvalue weighted by atomic mass is 10.0. The number of para-hydroxylation sites is 1. The van der Waals surface area contributed by atoms with E-state index in [4.69, 9.17) is 14.5 Å². The van der Waals surface area contributed by atoms with Crippen molar-refractivity contribution in [3.8, 4) is 17.0 Å². The molecule has 1 atom stereocenters. The Hall–Kier alpha value is -3.85. The quantitative estimate of drug-likeness (QED) is 0.353. The number of methoxy groups -OCH3 is 1. The van der Waals surface area contributed by atoms with Crippen molar-refractivity contribution in [2.24, 2.45) is 0 Å². The smallest absolute Gasteiger partial charge is 0.244 e. The Bertz CT molecular complexity index is 1430. The Morgan fingerprint density at radius 2 is 2.03 bits per heavy atom. The Balaban J connectivity index is 1.56. The number of rotatable bonds is 8. The zero-order chi connectivity index (χ0) is 25.9. The van der Waals surface area contributed by atoms with E-state index in [0.29, 0.717) is 48.3 Å². The summed E-state index contributed by atoms with van der Waals surface area (Å²) >= 11 is 0. The molecule has 1 amide bonds. The van der Waals surface area contributed by atoms with E-state index in [2.05, 4.69) is 10.1 Å². The second kappa shape index (κ2) is 10.6. The Kier molecular flexibility index (Phi) is 7.14. The highest BCUT2D eigenvalue weighted by atomic mass is 19.1. The fourth-order valence-corrected chi connectivity index (χ4v) is 4.81. The summed E-state index contributed by atoms with van der Waals surface area (Å²) in [4.78, 5) is 24.6. The number of fused-ring (bicyclic) bond motifs is 1. The van der Waals surface area contributed by atoms with Gasteiger partial charge in [-0.05, 0) is 62.6 Å². The van der Waals surface area contributed by atoms with E-state index in [0.717, 1.165) is 29.4 Å². The molecule has 5 rings (SSSR count). The molecule has 1 saturated heterocycles. The van der Waals surface area contributed by atoms with Crippen molar-refractivity contribution in [3.63, 3.8) is 0 Å². The molecule has 0 N–H and O–H groups in total. The number of ether oxygens (including phenoxy) is 2. The first kappa shape index (κ1) is 24.8. The first-order valence-electron chi connectivity index (χ1n) is 12.4. The minimum absolute atomic E-state index is 0.0280. The normalized spacial score (nSPS) is 15.3. The van der Waals surface area contributed by atoms with Crippen LogP contribution in [0.25, 0.3) is 22.2 Å². The Labute approximate surface area is 215 Å². The molecule has 1 aliphatic rings. The van der Waals surface area contributed by atoms with Gasteiger partial charge in [-0.15, -0.1) is 0 Å². The highest BCUT2D eigenvalue weighted by Gasteiger charge is 2.25. The lowest BCUT2D eigenvalue weighted by Crippen LogP contribution is -2.39. The van der Waals surface area contributed by atoms with Crippen LogP contribution in [0.1, 0.15) is 30.1 Å². The number of nitrogens with zero attached hydrogens (tertiary/aromatic N) is 5. The zero-order valence-corrected chi connectivity index (χ0v) is 21.3. The van der Waals surface area contributed by atoms with E-state index >= 15 is 0 Å². The number of pyridine rings is 1. The second-order valence-corrected chi connectivity index (χ2v) is 9.31. The number of aryl methyl sites for hydroxylation is 2. The van der Waals surface area contributed by atoms with Crippen LogP contribution in [0.2, 0.25) is 0 Å². The molecule has 1 fully saturated rings. The van der Waals surface area contributed by atoms with Gasteiger partial charge in [-0.25, -0.2) is 19.0 Å². The SMILES string of the molecule is COc1ccccc1-c1nc2cc(F)ccc2cc1CN(CC1CCCO1)C(=O)Cn1nc(C)nc1C. The van der Waals surface area contributed by atoms with E-state index in [9.17, 15) is 9.18 Å². The standard InChI is InChI=1S/C28H30FN5O3/c1-18-30-19(2)34(32-18)17-27(35)33(16-23-7-6-12-37-23)15-21-13-20-10-11-22(29)14-25(20)31-28(21)24-8-4-5-9-26(24)36-3/h4-5,8-11,13-14,23H,6-7,12,15-17H2,1-3H3. The van der Waals surface area contributed by atoms with Crippen LogP contribution >= 0.6 is 0 Å². The van der Waals surface area contributed by atoms with Gasteiger partial charge in [0.15, 0.2) is 0 Å². The summed E-state index contributed by atoms with van der Waals surface area (Å²) in [5.74, 6) is 1.52. The third-order valence-corrected chi connectivity index (χ3v) is 6.63. The lowest BCUT2D eigenvalue weighted by molar-refractivity contribution is -0.134. The van der Waals surface area contributed by atoms with E-state index in [1.54, 1.807) is 29.7 Å². The molecule has 3 heterocycles. The number of hydrogen-bond donors (Lipinski definition) is 0. The fraction of sp³-hybridized carbons (Fsp3) is 0.357. The van der Waals surface area contributed by atoms with Crippen molar-refractivity contribution in [1.82, 2.24) is 24.6 Å². The predicted octanol–water partition coefficient (Wildman–Crippen LogP) is 4.47. The molecule has 2 aromatic carbocycles. The minimum Gasteiger partial charge on any atom is -0.496 e. The first-order chi connectivity index (χ1) is 17.9. The fourth-order valence-electron chi connectivity index (χ4n) is 4.81. The lowest BCUT2D eigenvalue weighted by Gasteiger charge is -2.27. The molecule has 0 saturated carbocycles. The number of hydrogen-bond acceptors (Lipinski definition) is 6. The van der Waals surface area contributed by atoms with Crippen molar-refractivity contribution in [2.45, 2.75) is 45.9 Å². The van der Waals surface area contributed by atoms with Crippen LogP contribution in [0, 0.1) is 19.7 Å². The average molecular weight is 504 g/mol. The maximum Gasteiger partial charge on any atom is 0.244 e. The maximum absolute atomic E-state index is 14.1. The van der Waals surface area contributed by atoms with Crippen molar-refractivity contribution in [2.75, 3.05) is 20.3 Å². The molecule has 4 aromatic rings. The molecule has 37 heavy (non-hydrogen) atoms. The van der Waals surface area contributed by atoms with Crippen molar-refractivity contribution in [1.29, 1.82) is 0 Å². The summed E-state index contributed by atoms with van der Waals surface area (Å²) in [5.41, 5.74) is 2.80. The third kappa shape index (κ3) is 5.46. The summed E-state index contributed by atoms with van der Waals surface area (Å²) in [6.45, 7) is 5.18. The number of carbonyl (C=O) groups excluding carboxylic acids is 1. The molecular weight excluding hydrogens is 473 g/mol. The van der Waals surface area contributed by atoms with E-state index < -0.39 is 0 Å². The van der Waals surface area contributed by atoms with Gasteiger partial charge in [0.25, 0.3) is 0 Å². The van der Waals surface area contributed by atoms with Crippen LogP contribution in [-0.2, 0) is 22.6 Å². The van der Waals surface area contributed by atoms with Gasteiger partial charge < -0.3 is 14.4 Å². The van der Waals surface area contributed by atoms with Gasteiger partial charge >= 0.3 is 0 Å². The molecule has 192 valence electrons. The predicted molar refractivity (Wildman–Crippen MR) is 138 cm³/mol. The average Bonchev–Trinajstić information content (AvgIpc) is 3.51. The van der Waals surface area contributed by atoms with Crippen LogP contribution in [0.5, 0.6) is 5.75 Å². The van der Waals surface area contributed by atoms with Crippen LogP contribution in [-0.4, -0.2) is 56.9 Å². The van der Waals surface area contributed by atoms with Gasteiger partial charge in [-0.1, -0.05) is 12.1 Å². The monoisotopic (exact) mass is 503 g/mol. The van der Waals surface area contributed by atoms with E-state index in [1.165, 1.54) is 12.1 Å². The first-order valence-corrected chi connectivity index (χ1v) is 12.4. The number of halogens is 1. The van der Waals surface area contributed by atoms with Gasteiger partial charge in [-0.2, -0.15) is 5.10 Å². The summed E-state index contributed by atoms with van der Waals surface area (Å²) in [7, 11) is 1.61. The topological polar surface area (TPSA) is 82.4 Å². The summed E-state index contributed by atoms with van der Waals surface area (Å²) in [6.07, 6.45) is 1.85. The molecule has 8 nitrogen and oxygen atoms in total. The molecular formula is C28H30FN5O3. The Morgan fingerprint density at radius 1 is 1.19 bits per heavy atom. The largest absolute Gasteiger partial charge is 0.496 e. The molecule has 0 spiro atoms. The highest BCUT2D eigenvalue weighted by Crippen LogP contribution is 2.33. The van der Waals surface area contributed by atoms with Crippen LogP contribution in [0.15, 0.2) is 48.5 Å². The number of aromatic nitrogens is 4. The third-order valence-electron chi connectivity index (χ3n) is 6.63. The maximum atomic E-state index is 14.1. The van der Waals surface area contributed by atoms with E-state index in [1.807, 2.05) is 37.3 Å². The summed E-state index contributed by atoms with van der Waals surface area (Å²) in [6, 6.07) is 14.1. The van der Waals surface area contributed by atoms with Gasteiger partial charge in [0.1, 0.15) is 29.8 Å². The molecule has 1 aliphatic heterocycles. The summed E-state index contributed by atoms with van der Waals surface area (Å²) in [5, 5.41) is 5.16. The van der Waals surface area contributed by atoms with Crippen LogP contribution in [0.4, 0.5) is 4.39 Å². The number of benzene rings is 2. The number of carbonyl (C=O) groups is 1. The zero-order valence-electron chi connectivity index (χ0n) is 21.3. The van der Waals surface area contributed by atoms with Crippen molar-refractivity contribution < 1.29 is 18.7 Å². The summed E-state index contributed by atoms with van der Waals surface area (Å²) < 4.78 is 27.2. The number of amides is 1. The molecule has 1 unspecified atom stereocenters. The minimum atomic E-state index is -0.354. The van der Waals surface area contributed by atoms with Crippen molar-refractivity contribution >= 4 is 16.8 Å². The molecule has 0 aliphatic carbocycles. The molecule has 9 heteroatoms. The van der Waals surface area contributed by atoms with Crippen LogP contribution in [0.3, 0.4) is 0 Å². The van der Waals surface area contributed by atoms with E-state index in [-0.39, 0.29) is 24.4 Å². The second-order valence-electron chi connectivity index (χ2n) is 9.31. The van der Waals surface area contributed by atoms with Gasteiger partial charge in [0.05, 0.1) is 24.4 Å². The van der Waals surface area contributed by atoms with Gasteiger partial charge in [-0.3, -0.25) is 4.79 Å². The van der Waals surface area contributed by atoms with Gasteiger partial charge in [0, 0.05) is 36.7 Å². The molecule has 2 aromatic heterocycles. The highest BCUT2D eigenvalue weighted by molar-refractivity contribution is 5.85. The van der Waals surface area contributed by atoms with Gasteiger partial charge in [0.2, 0.25) is 5.91 Å².